The Balaban J connectivity index is 2.31. The molecule has 0 radical (unpaired) electrons. The topological polar surface area (TPSA) is 53.8 Å². The van der Waals surface area contributed by atoms with Crippen LogP contribution in [0, 0.1) is 5.82 Å². The molecule has 0 saturated carbocycles. The maximum atomic E-state index is 12.8. The summed E-state index contributed by atoms with van der Waals surface area (Å²) in [4.78, 5) is 20.8. The lowest BCUT2D eigenvalue weighted by molar-refractivity contribution is -0.124. The Morgan fingerprint density at radius 1 is 1.45 bits per heavy atom. The van der Waals surface area contributed by atoms with E-state index in [1.54, 1.807) is 38.3 Å². The van der Waals surface area contributed by atoms with E-state index < -0.39 is 11.6 Å². The molecular weight excluding hydrogens is 257 g/mol. The largest absolute Gasteiger partial charge is 0.313 e. The number of aliphatic imine (C=N–C) groups is 2. The van der Waals surface area contributed by atoms with Gasteiger partial charge < -0.3 is 5.32 Å². The minimum atomic E-state index is -1.05. The first-order chi connectivity index (χ1) is 9.45. The van der Waals surface area contributed by atoms with E-state index in [9.17, 15) is 9.18 Å². The van der Waals surface area contributed by atoms with Crippen molar-refractivity contribution in [1.82, 2.24) is 5.32 Å². The fourth-order valence-corrected chi connectivity index (χ4v) is 1.97. The molecule has 0 saturated heterocycles. The first kappa shape index (κ1) is 14.1. The van der Waals surface area contributed by atoms with Crippen LogP contribution in [0.15, 0.2) is 46.9 Å². The molecule has 1 aliphatic rings. The van der Waals surface area contributed by atoms with Crippen molar-refractivity contribution in [3.05, 3.63) is 48.3 Å². The van der Waals surface area contributed by atoms with E-state index in [1.807, 2.05) is 0 Å². The van der Waals surface area contributed by atoms with Crippen molar-refractivity contribution in [1.29, 1.82) is 0 Å². The number of nitrogens with zero attached hydrogens (tertiary/aromatic N) is 2. The second-order valence-corrected chi connectivity index (χ2v) is 4.81. The average Bonchev–Trinajstić information content (AvgIpc) is 2.42. The van der Waals surface area contributed by atoms with Crippen molar-refractivity contribution in [2.24, 2.45) is 9.98 Å². The predicted octanol–water partition coefficient (Wildman–Crippen LogP) is 2.11. The molecule has 1 aliphatic heterocycles. The summed E-state index contributed by atoms with van der Waals surface area (Å²) in [6.07, 6.45) is 3.15. The molecule has 2 atom stereocenters. The van der Waals surface area contributed by atoms with Crippen molar-refractivity contribution in [2.75, 3.05) is 0 Å². The third-order valence-electron chi connectivity index (χ3n) is 3.24. The summed E-state index contributed by atoms with van der Waals surface area (Å²) >= 11 is 0. The van der Waals surface area contributed by atoms with Crippen molar-refractivity contribution >= 4 is 18.0 Å². The van der Waals surface area contributed by atoms with E-state index in [0.717, 1.165) is 5.56 Å². The number of rotatable bonds is 3. The highest BCUT2D eigenvalue weighted by atomic mass is 19.1. The van der Waals surface area contributed by atoms with Gasteiger partial charge in [-0.3, -0.25) is 14.8 Å². The maximum Gasteiger partial charge on any atom is 0.255 e. The summed E-state index contributed by atoms with van der Waals surface area (Å²) in [5.74, 6) is 0.00980. The lowest BCUT2D eigenvalue weighted by Gasteiger charge is -2.32. The molecule has 1 heterocycles. The summed E-state index contributed by atoms with van der Waals surface area (Å²) in [5.41, 5.74) is -0.329. The molecule has 0 spiro atoms. The Morgan fingerprint density at radius 2 is 2.10 bits per heavy atom. The van der Waals surface area contributed by atoms with Crippen LogP contribution in [0.2, 0.25) is 0 Å². The van der Waals surface area contributed by atoms with E-state index in [4.69, 9.17) is 0 Å². The van der Waals surface area contributed by atoms with Crippen LogP contribution in [0.4, 0.5) is 4.39 Å². The molecule has 1 aromatic carbocycles. The van der Waals surface area contributed by atoms with Crippen LogP contribution in [-0.4, -0.2) is 29.5 Å². The van der Waals surface area contributed by atoms with E-state index in [1.165, 1.54) is 12.1 Å². The number of nitrogens with one attached hydrogen (secondary N) is 1. The Kier molecular flexibility index (Phi) is 3.79. The maximum absolute atomic E-state index is 12.8. The third kappa shape index (κ3) is 2.66. The summed E-state index contributed by atoms with van der Waals surface area (Å²) in [6, 6.07) is 5.46. The van der Waals surface area contributed by atoms with Gasteiger partial charge >= 0.3 is 0 Å². The Labute approximate surface area is 117 Å². The summed E-state index contributed by atoms with van der Waals surface area (Å²) in [7, 11) is 0. The molecule has 2 rings (SSSR count). The molecule has 2 unspecified atom stereocenters. The average molecular weight is 273 g/mol. The minimum Gasteiger partial charge on any atom is -0.313 e. The van der Waals surface area contributed by atoms with Gasteiger partial charge in [0.2, 0.25) is 0 Å². The summed E-state index contributed by atoms with van der Waals surface area (Å²) in [6.45, 7) is 7.12. The first-order valence-corrected chi connectivity index (χ1v) is 6.25. The number of carbonyl (C=O) groups is 1. The zero-order chi connectivity index (χ0) is 14.8. The fraction of sp³-hybridized carbons (Fsp3) is 0.267. The Hall–Kier alpha value is -2.30. The van der Waals surface area contributed by atoms with Crippen LogP contribution >= 0.6 is 0 Å². The summed E-state index contributed by atoms with van der Waals surface area (Å²) < 4.78 is 12.8. The molecule has 4 nitrogen and oxygen atoms in total. The smallest absolute Gasteiger partial charge is 0.255 e. The number of benzene rings is 1. The second kappa shape index (κ2) is 5.36. The Morgan fingerprint density at radius 3 is 2.70 bits per heavy atom. The molecule has 0 fully saturated rings. The number of halogens is 1. The van der Waals surface area contributed by atoms with Gasteiger partial charge in [-0.15, -0.1) is 6.58 Å². The van der Waals surface area contributed by atoms with E-state index >= 15 is 0 Å². The highest BCUT2D eigenvalue weighted by Crippen LogP contribution is 2.23. The zero-order valence-corrected chi connectivity index (χ0v) is 11.4. The van der Waals surface area contributed by atoms with Gasteiger partial charge in [-0.25, -0.2) is 4.39 Å². The molecule has 5 heteroatoms. The lowest BCUT2D eigenvalue weighted by Crippen LogP contribution is -2.55. The Bertz CT molecular complexity index is 592. The van der Waals surface area contributed by atoms with E-state index in [2.05, 4.69) is 21.9 Å². The van der Waals surface area contributed by atoms with Gasteiger partial charge in [-0.1, -0.05) is 18.2 Å². The van der Waals surface area contributed by atoms with E-state index in [-0.39, 0.29) is 11.7 Å². The first-order valence-electron chi connectivity index (χ1n) is 6.25. The number of hydrogen-bond acceptors (Lipinski definition) is 3. The fourth-order valence-electron chi connectivity index (χ4n) is 1.97. The molecule has 104 valence electrons. The van der Waals surface area contributed by atoms with Crippen LogP contribution in [0.1, 0.15) is 19.4 Å². The second-order valence-electron chi connectivity index (χ2n) is 4.81. The van der Waals surface area contributed by atoms with Gasteiger partial charge in [0.05, 0.1) is 0 Å². The SMILES string of the molecule is C=CC1N=C(C)NC(=O)C1(C)N=Cc1ccc(F)cc1. The highest BCUT2D eigenvalue weighted by Gasteiger charge is 2.42. The highest BCUT2D eigenvalue weighted by molar-refractivity contribution is 6.05. The van der Waals surface area contributed by atoms with Crippen molar-refractivity contribution < 1.29 is 9.18 Å². The summed E-state index contributed by atoms with van der Waals surface area (Å²) in [5, 5.41) is 2.67. The van der Waals surface area contributed by atoms with E-state index in [0.29, 0.717) is 5.84 Å². The third-order valence-corrected chi connectivity index (χ3v) is 3.24. The molecule has 1 aromatic rings. The van der Waals surface area contributed by atoms with Crippen LogP contribution < -0.4 is 5.32 Å². The van der Waals surface area contributed by atoms with Gasteiger partial charge in [-0.2, -0.15) is 0 Å². The molecule has 20 heavy (non-hydrogen) atoms. The van der Waals surface area contributed by atoms with Crippen LogP contribution in [0.3, 0.4) is 0 Å². The van der Waals surface area contributed by atoms with Crippen molar-refractivity contribution in [3.63, 3.8) is 0 Å². The normalized spacial score (nSPS) is 26.2. The molecule has 0 aliphatic carbocycles. The number of amidine groups is 1. The van der Waals surface area contributed by atoms with Crippen molar-refractivity contribution in [3.8, 4) is 0 Å². The minimum absolute atomic E-state index is 0.228. The van der Waals surface area contributed by atoms with Crippen LogP contribution in [-0.2, 0) is 4.79 Å². The van der Waals surface area contributed by atoms with Gasteiger partial charge in [0.25, 0.3) is 5.91 Å². The lowest BCUT2D eigenvalue weighted by atomic mass is 9.90. The molecule has 1 N–H and O–H groups in total. The number of carbonyl (C=O) groups excluding carboxylic acids is 1. The van der Waals surface area contributed by atoms with Gasteiger partial charge in [-0.05, 0) is 31.5 Å². The predicted molar refractivity (Wildman–Crippen MR) is 77.6 cm³/mol. The monoisotopic (exact) mass is 273 g/mol. The molecule has 0 bridgehead atoms. The van der Waals surface area contributed by atoms with Gasteiger partial charge in [0.1, 0.15) is 17.7 Å². The molecule has 1 amide bonds. The van der Waals surface area contributed by atoms with Gasteiger partial charge in [0.15, 0.2) is 5.54 Å². The van der Waals surface area contributed by atoms with Gasteiger partial charge in [0, 0.05) is 6.21 Å². The zero-order valence-electron chi connectivity index (χ0n) is 11.4. The standard InChI is InChI=1S/C15H16FN3O/c1-4-13-15(3,14(20)19-10(2)18-13)17-9-11-5-7-12(16)8-6-11/h4-9,13H,1H2,2-3H3,(H,18,19,20). The van der Waals surface area contributed by atoms with Crippen molar-refractivity contribution in [2.45, 2.75) is 25.4 Å². The quantitative estimate of drug-likeness (QED) is 0.665. The number of amides is 1. The number of hydrogen-bond donors (Lipinski definition) is 1. The van der Waals surface area contributed by atoms with Crippen LogP contribution in [0.25, 0.3) is 0 Å². The molecular formula is C15H16FN3O. The van der Waals surface area contributed by atoms with Crippen LogP contribution in [0.5, 0.6) is 0 Å². The molecule has 0 aromatic heterocycles.